The van der Waals surface area contributed by atoms with Crippen LogP contribution >= 0.6 is 11.6 Å². The van der Waals surface area contributed by atoms with Crippen LogP contribution in [0.3, 0.4) is 0 Å². The van der Waals surface area contributed by atoms with Crippen molar-refractivity contribution in [3.05, 3.63) is 47.5 Å². The third-order valence-corrected chi connectivity index (χ3v) is 3.37. The van der Waals surface area contributed by atoms with Crippen LogP contribution in [0.25, 0.3) is 6.08 Å². The van der Waals surface area contributed by atoms with E-state index in [2.05, 4.69) is 11.5 Å². The minimum absolute atomic E-state index is 0.508. The van der Waals surface area contributed by atoms with Crippen LogP contribution in [0.2, 0.25) is 5.02 Å². The molecule has 0 radical (unpaired) electrons. The number of aliphatic carboxylic acids is 1. The number of hydrogen-bond acceptors (Lipinski definition) is 2. The van der Waals surface area contributed by atoms with E-state index < -0.39 is 5.97 Å². The first-order valence-corrected chi connectivity index (χ1v) is 6.58. The Morgan fingerprint density at radius 1 is 1.53 bits per heavy atom. The van der Waals surface area contributed by atoms with E-state index in [-0.39, 0.29) is 0 Å². The predicted molar refractivity (Wildman–Crippen MR) is 78.7 cm³/mol. The zero-order chi connectivity index (χ0) is 13.8. The highest BCUT2D eigenvalue weighted by Gasteiger charge is 2.29. The van der Waals surface area contributed by atoms with Crippen LogP contribution in [0, 0.1) is 0 Å². The average molecular weight is 278 g/mol. The third kappa shape index (κ3) is 3.38. The number of halogens is 1. The van der Waals surface area contributed by atoms with E-state index in [9.17, 15) is 4.79 Å². The number of benzene rings is 1. The van der Waals surface area contributed by atoms with E-state index in [1.54, 1.807) is 12.1 Å². The van der Waals surface area contributed by atoms with Gasteiger partial charge in [0.15, 0.2) is 0 Å². The molecule has 0 aromatic heterocycles. The number of hydrogen-bond donors (Lipinski definition) is 1. The molecule has 0 saturated heterocycles. The Bertz CT molecular complexity index is 521. The quantitative estimate of drug-likeness (QED) is 0.638. The summed E-state index contributed by atoms with van der Waals surface area (Å²) >= 11 is 6.19. The number of carbonyl (C=O) groups is 1. The summed E-state index contributed by atoms with van der Waals surface area (Å²) in [7, 11) is 0. The highest BCUT2D eigenvalue weighted by molar-refractivity contribution is 6.32. The Kier molecular flexibility index (Phi) is 4.27. The summed E-state index contributed by atoms with van der Waals surface area (Å²) in [4.78, 5) is 12.9. The van der Waals surface area contributed by atoms with Gasteiger partial charge >= 0.3 is 5.97 Å². The van der Waals surface area contributed by atoms with E-state index in [1.807, 2.05) is 18.2 Å². The van der Waals surface area contributed by atoms with E-state index in [4.69, 9.17) is 16.7 Å². The zero-order valence-corrected chi connectivity index (χ0v) is 11.3. The second-order valence-corrected chi connectivity index (χ2v) is 4.92. The van der Waals surface area contributed by atoms with Gasteiger partial charge in [0, 0.05) is 34.9 Å². The smallest absolute Gasteiger partial charge is 0.328 e. The molecule has 1 fully saturated rings. The van der Waals surface area contributed by atoms with Crippen molar-refractivity contribution < 1.29 is 9.90 Å². The number of rotatable bonds is 6. The first kappa shape index (κ1) is 13.7. The summed E-state index contributed by atoms with van der Waals surface area (Å²) in [5.74, 6) is -0.979. The molecule has 0 unspecified atom stereocenters. The van der Waals surface area contributed by atoms with Crippen LogP contribution in [0.5, 0.6) is 0 Å². The Labute approximate surface area is 117 Å². The number of carboxylic acid groups (broad SMARTS) is 1. The highest BCUT2D eigenvalue weighted by atomic mass is 35.5. The van der Waals surface area contributed by atoms with Gasteiger partial charge in [0.05, 0.1) is 0 Å². The lowest BCUT2D eigenvalue weighted by atomic mass is 10.1. The Hall–Kier alpha value is -1.74. The molecule has 1 aliphatic rings. The Morgan fingerprint density at radius 3 is 2.84 bits per heavy atom. The van der Waals surface area contributed by atoms with Crippen LogP contribution in [-0.2, 0) is 4.79 Å². The molecule has 2 rings (SSSR count). The van der Waals surface area contributed by atoms with Gasteiger partial charge in [-0.1, -0.05) is 23.7 Å². The van der Waals surface area contributed by atoms with Crippen molar-refractivity contribution in [2.75, 3.05) is 11.4 Å². The molecule has 0 spiro atoms. The van der Waals surface area contributed by atoms with Crippen molar-refractivity contribution in [2.24, 2.45) is 0 Å². The van der Waals surface area contributed by atoms with Gasteiger partial charge in [-0.3, -0.25) is 0 Å². The van der Waals surface area contributed by atoms with Gasteiger partial charge in [-0.05, 0) is 31.1 Å². The van der Waals surface area contributed by atoms with Gasteiger partial charge in [-0.2, -0.15) is 0 Å². The van der Waals surface area contributed by atoms with Crippen molar-refractivity contribution in [1.29, 1.82) is 0 Å². The topological polar surface area (TPSA) is 40.5 Å². The molecule has 1 aromatic carbocycles. The summed E-state index contributed by atoms with van der Waals surface area (Å²) < 4.78 is 0. The molecule has 0 aliphatic heterocycles. The van der Waals surface area contributed by atoms with Gasteiger partial charge in [-0.15, -0.1) is 6.58 Å². The molecule has 3 nitrogen and oxygen atoms in total. The summed E-state index contributed by atoms with van der Waals surface area (Å²) in [5.41, 5.74) is 1.72. The fraction of sp³-hybridized carbons (Fsp3) is 0.267. The number of anilines is 1. The maximum absolute atomic E-state index is 10.7. The molecule has 1 saturated carbocycles. The number of nitrogens with zero attached hydrogens (tertiary/aromatic N) is 1. The first-order valence-electron chi connectivity index (χ1n) is 6.20. The van der Waals surface area contributed by atoms with Crippen LogP contribution in [0.15, 0.2) is 36.9 Å². The van der Waals surface area contributed by atoms with E-state index in [0.717, 1.165) is 36.7 Å². The molecule has 1 N–H and O–H groups in total. The van der Waals surface area contributed by atoms with Gasteiger partial charge in [0.2, 0.25) is 0 Å². The van der Waals surface area contributed by atoms with Crippen LogP contribution in [0.4, 0.5) is 5.69 Å². The highest BCUT2D eigenvalue weighted by Crippen LogP contribution is 2.36. The molecule has 0 heterocycles. The third-order valence-electron chi connectivity index (χ3n) is 3.05. The molecule has 4 heteroatoms. The standard InChI is InChI=1S/C15H16ClNO2/c1-2-10-17(11-6-7-11)14-5-3-4-13(16)12(14)8-9-15(18)19/h2-5,8-9,11H,1,6-7,10H2,(H,18,19)/b9-8+. The minimum atomic E-state index is -0.979. The summed E-state index contributed by atoms with van der Waals surface area (Å²) in [6.45, 7) is 4.51. The average Bonchev–Trinajstić information content (AvgIpc) is 3.18. The molecular weight excluding hydrogens is 262 g/mol. The number of carboxylic acids is 1. The van der Waals surface area contributed by atoms with Crippen LogP contribution in [0.1, 0.15) is 18.4 Å². The largest absolute Gasteiger partial charge is 0.478 e. The van der Waals surface area contributed by atoms with Crippen molar-refractivity contribution in [3.63, 3.8) is 0 Å². The van der Waals surface area contributed by atoms with Gasteiger partial charge < -0.3 is 10.0 Å². The van der Waals surface area contributed by atoms with Crippen LogP contribution < -0.4 is 4.90 Å². The predicted octanol–water partition coefficient (Wildman–Crippen LogP) is 3.59. The maximum atomic E-state index is 10.7. The normalized spacial score (nSPS) is 14.6. The van der Waals surface area contributed by atoms with Crippen molar-refractivity contribution in [1.82, 2.24) is 0 Å². The van der Waals surface area contributed by atoms with E-state index in [0.29, 0.717) is 11.1 Å². The lowest BCUT2D eigenvalue weighted by Crippen LogP contribution is -2.26. The van der Waals surface area contributed by atoms with Gasteiger partial charge in [0.1, 0.15) is 0 Å². The van der Waals surface area contributed by atoms with Crippen molar-refractivity contribution >= 4 is 29.3 Å². The fourth-order valence-electron chi connectivity index (χ4n) is 2.07. The fourth-order valence-corrected chi connectivity index (χ4v) is 2.30. The second-order valence-electron chi connectivity index (χ2n) is 4.52. The minimum Gasteiger partial charge on any atom is -0.478 e. The Balaban J connectivity index is 2.39. The maximum Gasteiger partial charge on any atom is 0.328 e. The first-order chi connectivity index (χ1) is 9.13. The van der Waals surface area contributed by atoms with Crippen molar-refractivity contribution in [3.8, 4) is 0 Å². The summed E-state index contributed by atoms with van der Waals surface area (Å²) in [6.07, 6.45) is 6.83. The van der Waals surface area contributed by atoms with E-state index in [1.165, 1.54) is 0 Å². The molecule has 19 heavy (non-hydrogen) atoms. The molecular formula is C15H16ClNO2. The second kappa shape index (κ2) is 5.93. The Morgan fingerprint density at radius 2 is 2.26 bits per heavy atom. The molecule has 0 amide bonds. The van der Waals surface area contributed by atoms with E-state index >= 15 is 0 Å². The van der Waals surface area contributed by atoms with Crippen LogP contribution in [-0.4, -0.2) is 23.7 Å². The lowest BCUT2D eigenvalue weighted by Gasteiger charge is -2.25. The summed E-state index contributed by atoms with van der Waals surface area (Å²) in [5, 5.41) is 9.32. The van der Waals surface area contributed by atoms with Gasteiger partial charge in [-0.25, -0.2) is 4.79 Å². The molecule has 100 valence electrons. The lowest BCUT2D eigenvalue weighted by molar-refractivity contribution is -0.131. The molecule has 1 aromatic rings. The zero-order valence-electron chi connectivity index (χ0n) is 10.6. The summed E-state index contributed by atoms with van der Waals surface area (Å²) in [6, 6.07) is 6.13. The monoisotopic (exact) mass is 277 g/mol. The molecule has 0 atom stereocenters. The van der Waals surface area contributed by atoms with Crippen molar-refractivity contribution in [2.45, 2.75) is 18.9 Å². The van der Waals surface area contributed by atoms with Gasteiger partial charge in [0.25, 0.3) is 0 Å². The molecule has 1 aliphatic carbocycles. The molecule has 0 bridgehead atoms. The SMILES string of the molecule is C=CCN(c1cccc(Cl)c1/C=C/C(=O)O)C1CC1.